The quantitative estimate of drug-likeness (QED) is 0.801. The van der Waals surface area contributed by atoms with Gasteiger partial charge in [-0.3, -0.25) is 4.79 Å². The first-order chi connectivity index (χ1) is 8.30. The molecule has 0 N–H and O–H groups in total. The molecule has 4 nitrogen and oxygen atoms in total. The summed E-state index contributed by atoms with van der Waals surface area (Å²) in [6, 6.07) is 4.80. The predicted octanol–water partition coefficient (Wildman–Crippen LogP) is 2.16. The number of benzene rings is 1. The van der Waals surface area contributed by atoms with Crippen molar-refractivity contribution in [1.29, 1.82) is 0 Å². The molecule has 0 bridgehead atoms. The lowest BCUT2D eigenvalue weighted by Gasteiger charge is -2.18. The minimum absolute atomic E-state index is 0.118. The Morgan fingerprint density at radius 1 is 1.39 bits per heavy atom. The molecule has 1 saturated carbocycles. The van der Waals surface area contributed by atoms with Gasteiger partial charge < -0.3 is 4.90 Å². The lowest BCUT2D eigenvalue weighted by atomic mass is 10.1. The number of carbonyl (C=O) groups is 1. The summed E-state index contributed by atoms with van der Waals surface area (Å²) < 4.78 is 22.9. The fraction of sp³-hybridized carbons (Fsp3) is 0.417. The smallest absolute Gasteiger partial charge is 0.262 e. The first kappa shape index (κ1) is 13.4. The van der Waals surface area contributed by atoms with E-state index in [0.717, 1.165) is 18.4 Å². The minimum atomic E-state index is -3.91. The maximum absolute atomic E-state index is 12.2. The summed E-state index contributed by atoms with van der Waals surface area (Å²) in [5.41, 5.74) is 0.978. The van der Waals surface area contributed by atoms with Crippen molar-refractivity contribution in [2.75, 3.05) is 7.05 Å². The van der Waals surface area contributed by atoms with Gasteiger partial charge in [-0.2, -0.15) is 0 Å². The molecule has 1 fully saturated rings. The zero-order chi connectivity index (χ0) is 13.5. The third-order valence-electron chi connectivity index (χ3n) is 3.04. The van der Waals surface area contributed by atoms with Crippen molar-refractivity contribution in [3.63, 3.8) is 0 Å². The van der Waals surface area contributed by atoms with E-state index in [1.807, 2.05) is 0 Å². The van der Waals surface area contributed by atoms with Gasteiger partial charge in [0, 0.05) is 23.8 Å². The van der Waals surface area contributed by atoms with Crippen molar-refractivity contribution in [3.05, 3.63) is 29.3 Å². The van der Waals surface area contributed by atoms with E-state index in [1.165, 1.54) is 6.07 Å². The summed E-state index contributed by atoms with van der Waals surface area (Å²) >= 11 is 0. The molecule has 1 amide bonds. The predicted molar refractivity (Wildman–Crippen MR) is 69.3 cm³/mol. The maximum atomic E-state index is 12.2. The van der Waals surface area contributed by atoms with Crippen LogP contribution < -0.4 is 0 Å². The van der Waals surface area contributed by atoms with Crippen molar-refractivity contribution in [1.82, 2.24) is 4.90 Å². The number of hydrogen-bond donors (Lipinski definition) is 0. The average Bonchev–Trinajstić information content (AvgIpc) is 3.09. The molecule has 0 saturated heterocycles. The Morgan fingerprint density at radius 3 is 2.50 bits per heavy atom. The number of amides is 1. The van der Waals surface area contributed by atoms with Gasteiger partial charge in [0.25, 0.3) is 15.0 Å². The zero-order valence-corrected chi connectivity index (χ0v) is 11.8. The fourth-order valence-electron chi connectivity index (χ4n) is 1.84. The van der Waals surface area contributed by atoms with Crippen molar-refractivity contribution in [2.45, 2.75) is 30.7 Å². The Balaban J connectivity index is 2.48. The standard InChI is InChI=1S/C12H14ClNO3S/c1-8-3-6-11(18(13,16)17)10(7-8)12(15)14(2)9-4-5-9/h3,6-7,9H,4-5H2,1-2H3. The number of carbonyl (C=O) groups excluding carboxylic acids is 1. The summed E-state index contributed by atoms with van der Waals surface area (Å²) in [6.07, 6.45) is 1.94. The van der Waals surface area contributed by atoms with Gasteiger partial charge >= 0.3 is 0 Å². The van der Waals surface area contributed by atoms with Crippen LogP contribution in [0, 0.1) is 6.92 Å². The molecule has 18 heavy (non-hydrogen) atoms. The molecule has 0 aliphatic heterocycles. The van der Waals surface area contributed by atoms with Crippen molar-refractivity contribution >= 4 is 25.6 Å². The molecule has 1 aromatic carbocycles. The molecule has 1 aromatic rings. The van der Waals surface area contributed by atoms with Crippen LogP contribution in [-0.2, 0) is 9.05 Å². The Bertz CT molecular complexity index is 593. The number of aryl methyl sites for hydroxylation is 1. The summed E-state index contributed by atoms with van der Waals surface area (Å²) in [6.45, 7) is 1.80. The van der Waals surface area contributed by atoms with Crippen LogP contribution in [0.4, 0.5) is 0 Å². The second kappa shape index (κ2) is 4.55. The molecule has 0 atom stereocenters. The van der Waals surface area contributed by atoms with Crippen LogP contribution in [-0.4, -0.2) is 32.3 Å². The minimum Gasteiger partial charge on any atom is -0.339 e. The van der Waals surface area contributed by atoms with Crippen LogP contribution in [0.2, 0.25) is 0 Å². The molecule has 1 aliphatic carbocycles. The van der Waals surface area contributed by atoms with Crippen molar-refractivity contribution < 1.29 is 13.2 Å². The molecule has 2 rings (SSSR count). The summed E-state index contributed by atoms with van der Waals surface area (Å²) in [7, 11) is 3.14. The fourth-order valence-corrected chi connectivity index (χ4v) is 2.88. The van der Waals surface area contributed by atoms with Gasteiger partial charge in [0.15, 0.2) is 0 Å². The molecule has 0 radical (unpaired) electrons. The first-order valence-electron chi connectivity index (χ1n) is 5.63. The van der Waals surface area contributed by atoms with E-state index in [2.05, 4.69) is 0 Å². The van der Waals surface area contributed by atoms with E-state index >= 15 is 0 Å². The third kappa shape index (κ3) is 2.67. The normalized spacial score (nSPS) is 15.5. The topological polar surface area (TPSA) is 54.5 Å². The Labute approximate surface area is 111 Å². The van der Waals surface area contributed by atoms with E-state index in [0.29, 0.717) is 0 Å². The highest BCUT2D eigenvalue weighted by Crippen LogP contribution is 2.29. The first-order valence-corrected chi connectivity index (χ1v) is 7.94. The van der Waals surface area contributed by atoms with E-state index in [9.17, 15) is 13.2 Å². The lowest BCUT2D eigenvalue weighted by molar-refractivity contribution is 0.0781. The molecule has 0 unspecified atom stereocenters. The zero-order valence-electron chi connectivity index (χ0n) is 10.2. The molecular formula is C12H14ClNO3S. The molecule has 1 aliphatic rings. The summed E-state index contributed by atoms with van der Waals surface area (Å²) in [5.74, 6) is -0.291. The largest absolute Gasteiger partial charge is 0.339 e. The molecule has 0 heterocycles. The third-order valence-corrected chi connectivity index (χ3v) is 4.42. The van der Waals surface area contributed by atoms with Crippen LogP contribution in [0.3, 0.4) is 0 Å². The van der Waals surface area contributed by atoms with Gasteiger partial charge in [-0.05, 0) is 31.9 Å². The number of halogens is 1. The van der Waals surface area contributed by atoms with Gasteiger partial charge in [0.05, 0.1) is 10.5 Å². The SMILES string of the molecule is Cc1ccc(S(=O)(=O)Cl)c(C(=O)N(C)C2CC2)c1. The van der Waals surface area contributed by atoms with Crippen LogP contribution in [0.5, 0.6) is 0 Å². The number of rotatable bonds is 3. The van der Waals surface area contributed by atoms with E-state index in [1.54, 1.807) is 31.0 Å². The summed E-state index contributed by atoms with van der Waals surface area (Å²) in [4.78, 5) is 13.7. The van der Waals surface area contributed by atoms with E-state index < -0.39 is 9.05 Å². The van der Waals surface area contributed by atoms with Gasteiger partial charge in [-0.1, -0.05) is 11.6 Å². The second-order valence-electron chi connectivity index (χ2n) is 4.58. The van der Waals surface area contributed by atoms with E-state index in [-0.39, 0.29) is 22.4 Å². The van der Waals surface area contributed by atoms with Gasteiger partial charge in [0.1, 0.15) is 0 Å². The number of hydrogen-bond acceptors (Lipinski definition) is 3. The van der Waals surface area contributed by atoms with Gasteiger partial charge in [-0.25, -0.2) is 8.42 Å². The lowest BCUT2D eigenvalue weighted by Crippen LogP contribution is -2.29. The van der Waals surface area contributed by atoms with Gasteiger partial charge in [0.2, 0.25) is 0 Å². The monoisotopic (exact) mass is 287 g/mol. The van der Waals surface area contributed by atoms with Crippen molar-refractivity contribution in [2.24, 2.45) is 0 Å². The van der Waals surface area contributed by atoms with Crippen molar-refractivity contribution in [3.8, 4) is 0 Å². The molecule has 98 valence electrons. The second-order valence-corrected chi connectivity index (χ2v) is 7.12. The number of nitrogens with zero attached hydrogens (tertiary/aromatic N) is 1. The molecule has 0 aromatic heterocycles. The van der Waals surface area contributed by atoms with Crippen LogP contribution in [0.15, 0.2) is 23.1 Å². The average molecular weight is 288 g/mol. The molecule has 0 spiro atoms. The molecular weight excluding hydrogens is 274 g/mol. The highest BCUT2D eigenvalue weighted by molar-refractivity contribution is 8.13. The Kier molecular flexibility index (Phi) is 3.38. The summed E-state index contributed by atoms with van der Waals surface area (Å²) in [5, 5.41) is 0. The van der Waals surface area contributed by atoms with Gasteiger partial charge in [-0.15, -0.1) is 0 Å². The highest BCUT2D eigenvalue weighted by Gasteiger charge is 2.32. The van der Waals surface area contributed by atoms with Crippen LogP contribution in [0.1, 0.15) is 28.8 Å². The maximum Gasteiger partial charge on any atom is 0.262 e. The van der Waals surface area contributed by atoms with Crippen LogP contribution >= 0.6 is 10.7 Å². The highest BCUT2D eigenvalue weighted by atomic mass is 35.7. The van der Waals surface area contributed by atoms with Crippen LogP contribution in [0.25, 0.3) is 0 Å². The Hall–Kier alpha value is -1.07. The molecule has 6 heteroatoms. The van der Waals surface area contributed by atoms with E-state index in [4.69, 9.17) is 10.7 Å². The Morgan fingerprint density at radius 2 is 2.00 bits per heavy atom.